The molecule has 0 aliphatic heterocycles. The Hall–Kier alpha value is -2.32. The number of halogens is 4. The van der Waals surface area contributed by atoms with Crippen molar-refractivity contribution in [3.05, 3.63) is 75.1 Å². The number of benzene rings is 1. The lowest BCUT2D eigenvalue weighted by Gasteiger charge is -2.22. The molecule has 3 rings (SSSR count). The van der Waals surface area contributed by atoms with Crippen molar-refractivity contribution in [2.45, 2.75) is 25.6 Å². The molecule has 0 spiro atoms. The number of alkyl halides is 3. The van der Waals surface area contributed by atoms with Crippen molar-refractivity contribution in [2.75, 3.05) is 6.54 Å². The second kappa shape index (κ2) is 8.79. The van der Waals surface area contributed by atoms with Gasteiger partial charge in [0.2, 0.25) is 5.91 Å². The van der Waals surface area contributed by atoms with E-state index in [0.29, 0.717) is 17.1 Å². The molecule has 0 atom stereocenters. The summed E-state index contributed by atoms with van der Waals surface area (Å²) in [5.41, 5.74) is 1.41. The number of hydrogen-bond donors (Lipinski definition) is 0. The van der Waals surface area contributed by atoms with Gasteiger partial charge in [-0.15, -0.1) is 11.3 Å². The smallest absolute Gasteiger partial charge is 0.406 e. The highest BCUT2D eigenvalue weighted by Crippen LogP contribution is 2.21. The Morgan fingerprint density at radius 2 is 2.07 bits per heavy atom. The number of rotatable bonds is 7. The predicted octanol–water partition coefficient (Wildman–Crippen LogP) is 5.11. The lowest BCUT2D eigenvalue weighted by atomic mass is 10.2. The van der Waals surface area contributed by atoms with E-state index >= 15 is 0 Å². The van der Waals surface area contributed by atoms with E-state index in [1.165, 1.54) is 23.7 Å². The first-order valence-corrected chi connectivity index (χ1v) is 9.59. The van der Waals surface area contributed by atoms with Crippen LogP contribution >= 0.6 is 22.9 Å². The first kappa shape index (κ1) is 20.4. The molecule has 1 aromatic carbocycles. The second-order valence-corrected chi connectivity index (χ2v) is 7.54. The largest absolute Gasteiger partial charge is 0.467 e. The van der Waals surface area contributed by atoms with Crippen LogP contribution in [0.2, 0.25) is 5.02 Å². The third-order valence-electron chi connectivity index (χ3n) is 3.83. The van der Waals surface area contributed by atoms with Crippen LogP contribution < -0.4 is 0 Å². The van der Waals surface area contributed by atoms with Gasteiger partial charge in [0.05, 0.1) is 29.9 Å². The molecule has 0 unspecified atom stereocenters. The van der Waals surface area contributed by atoms with Gasteiger partial charge in [-0.1, -0.05) is 23.7 Å². The summed E-state index contributed by atoms with van der Waals surface area (Å²) in [5.74, 6) is -0.370. The monoisotopic (exact) mass is 428 g/mol. The summed E-state index contributed by atoms with van der Waals surface area (Å²) in [5, 5.41) is 3.07. The molecule has 0 aliphatic rings. The Bertz CT molecular complexity index is 925. The number of carbonyl (C=O) groups excluding carboxylic acids is 1. The molecule has 0 saturated heterocycles. The van der Waals surface area contributed by atoms with Gasteiger partial charge in [-0.3, -0.25) is 4.79 Å². The second-order valence-electron chi connectivity index (χ2n) is 6.16. The average molecular weight is 429 g/mol. The van der Waals surface area contributed by atoms with E-state index in [-0.39, 0.29) is 18.7 Å². The van der Waals surface area contributed by atoms with Crippen LogP contribution in [0.5, 0.6) is 0 Å². The van der Waals surface area contributed by atoms with Gasteiger partial charge in [0.25, 0.3) is 0 Å². The van der Waals surface area contributed by atoms with Gasteiger partial charge in [0, 0.05) is 16.8 Å². The van der Waals surface area contributed by atoms with Crippen molar-refractivity contribution in [1.29, 1.82) is 0 Å². The minimum atomic E-state index is -4.50. The van der Waals surface area contributed by atoms with Gasteiger partial charge in [0.15, 0.2) is 0 Å². The fourth-order valence-corrected chi connectivity index (χ4v) is 3.68. The normalized spacial score (nSPS) is 11.6. The van der Waals surface area contributed by atoms with Gasteiger partial charge < -0.3 is 9.32 Å². The van der Waals surface area contributed by atoms with Gasteiger partial charge in [-0.25, -0.2) is 4.98 Å². The van der Waals surface area contributed by atoms with Gasteiger partial charge >= 0.3 is 6.18 Å². The standard InChI is InChI=1S/C19H16ClF3N2O2S/c20-14-4-1-3-13(7-14)8-17-24-15(11-28-17)9-18(26)25(12-19(21,22)23)10-16-5-2-6-27-16/h1-7,11H,8-10,12H2. The highest BCUT2D eigenvalue weighted by molar-refractivity contribution is 7.09. The van der Waals surface area contributed by atoms with E-state index in [9.17, 15) is 18.0 Å². The number of carbonyl (C=O) groups is 1. The molecule has 9 heteroatoms. The van der Waals surface area contributed by atoms with Crippen LogP contribution in [0.1, 0.15) is 22.0 Å². The highest BCUT2D eigenvalue weighted by Gasteiger charge is 2.33. The van der Waals surface area contributed by atoms with Crippen molar-refractivity contribution < 1.29 is 22.4 Å². The van der Waals surface area contributed by atoms with Crippen LogP contribution in [0.15, 0.2) is 52.5 Å². The van der Waals surface area contributed by atoms with Crippen molar-refractivity contribution in [2.24, 2.45) is 0 Å². The molecule has 0 fully saturated rings. The lowest BCUT2D eigenvalue weighted by Crippen LogP contribution is -2.39. The molecule has 4 nitrogen and oxygen atoms in total. The molecular weight excluding hydrogens is 413 g/mol. The average Bonchev–Trinajstić information content (AvgIpc) is 3.25. The third-order valence-corrected chi connectivity index (χ3v) is 4.96. The summed E-state index contributed by atoms with van der Waals surface area (Å²) in [7, 11) is 0. The molecule has 1 amide bonds. The fraction of sp³-hybridized carbons (Fsp3) is 0.263. The van der Waals surface area contributed by atoms with Crippen LogP contribution in [-0.2, 0) is 24.2 Å². The molecule has 28 heavy (non-hydrogen) atoms. The van der Waals surface area contributed by atoms with Crippen LogP contribution in [0.3, 0.4) is 0 Å². The SMILES string of the molecule is O=C(Cc1csc(Cc2cccc(Cl)c2)n1)N(Cc1ccco1)CC(F)(F)F. The number of nitrogens with zero attached hydrogens (tertiary/aromatic N) is 2. The van der Waals surface area contributed by atoms with Crippen LogP contribution in [0.4, 0.5) is 13.2 Å². The number of thiazole rings is 1. The molecular formula is C19H16ClF3N2O2S. The number of furan rings is 1. The van der Waals surface area contributed by atoms with E-state index in [0.717, 1.165) is 15.5 Å². The summed E-state index contributed by atoms with van der Waals surface area (Å²) >= 11 is 7.32. The maximum atomic E-state index is 12.9. The Kier molecular flexibility index (Phi) is 6.41. The van der Waals surface area contributed by atoms with Crippen molar-refractivity contribution in [3.63, 3.8) is 0 Å². The number of aromatic nitrogens is 1. The lowest BCUT2D eigenvalue weighted by molar-refractivity contribution is -0.162. The van der Waals surface area contributed by atoms with Gasteiger partial charge in [-0.05, 0) is 29.8 Å². The quantitative estimate of drug-likeness (QED) is 0.525. The number of amides is 1. The summed E-state index contributed by atoms with van der Waals surface area (Å²) in [6.45, 7) is -1.59. The molecule has 0 radical (unpaired) electrons. The van der Waals surface area contributed by atoms with Gasteiger partial charge in [0.1, 0.15) is 12.3 Å². The topological polar surface area (TPSA) is 46.3 Å². The van der Waals surface area contributed by atoms with Crippen LogP contribution in [0.25, 0.3) is 0 Å². The minimum Gasteiger partial charge on any atom is -0.467 e. The van der Waals surface area contributed by atoms with Crippen molar-refractivity contribution >= 4 is 28.8 Å². The van der Waals surface area contributed by atoms with E-state index in [2.05, 4.69) is 4.98 Å². The van der Waals surface area contributed by atoms with E-state index in [1.807, 2.05) is 18.2 Å². The first-order valence-electron chi connectivity index (χ1n) is 8.33. The van der Waals surface area contributed by atoms with Crippen molar-refractivity contribution in [1.82, 2.24) is 9.88 Å². The van der Waals surface area contributed by atoms with E-state index < -0.39 is 18.6 Å². The fourth-order valence-electron chi connectivity index (χ4n) is 2.64. The molecule has 0 N–H and O–H groups in total. The number of hydrogen-bond acceptors (Lipinski definition) is 4. The minimum absolute atomic E-state index is 0.206. The molecule has 0 saturated carbocycles. The summed E-state index contributed by atoms with van der Waals surface area (Å²) in [4.78, 5) is 17.6. The Morgan fingerprint density at radius 1 is 1.25 bits per heavy atom. The Morgan fingerprint density at radius 3 is 2.75 bits per heavy atom. The zero-order valence-corrected chi connectivity index (χ0v) is 16.2. The maximum absolute atomic E-state index is 12.9. The zero-order chi connectivity index (χ0) is 20.1. The molecule has 3 aromatic rings. The van der Waals surface area contributed by atoms with Crippen LogP contribution in [-0.4, -0.2) is 28.5 Å². The predicted molar refractivity (Wildman–Crippen MR) is 100 cm³/mol. The Balaban J connectivity index is 1.66. The maximum Gasteiger partial charge on any atom is 0.406 e. The highest BCUT2D eigenvalue weighted by atomic mass is 35.5. The summed E-state index contributed by atoms with van der Waals surface area (Å²) in [6.07, 6.45) is -2.81. The third kappa shape index (κ3) is 6.10. The molecule has 0 bridgehead atoms. The summed E-state index contributed by atoms with van der Waals surface area (Å²) < 4.78 is 43.7. The summed E-state index contributed by atoms with van der Waals surface area (Å²) in [6, 6.07) is 10.4. The van der Waals surface area contributed by atoms with E-state index in [1.54, 1.807) is 17.5 Å². The van der Waals surface area contributed by atoms with Crippen molar-refractivity contribution in [3.8, 4) is 0 Å². The molecule has 148 valence electrons. The zero-order valence-electron chi connectivity index (χ0n) is 14.6. The van der Waals surface area contributed by atoms with Gasteiger partial charge in [-0.2, -0.15) is 13.2 Å². The van der Waals surface area contributed by atoms with E-state index in [4.69, 9.17) is 16.0 Å². The van der Waals surface area contributed by atoms with Crippen LogP contribution in [0, 0.1) is 0 Å². The molecule has 2 heterocycles. The first-order chi connectivity index (χ1) is 13.3. The molecule has 0 aliphatic carbocycles. The molecule has 2 aromatic heterocycles. The Labute approximate surface area is 168 Å².